The number of nitrogens with zero attached hydrogens (tertiary/aromatic N) is 1. The SMILES string of the molecule is CCOC(=O)c1c(NC(=O)NN=Cc2ccc(OCC)c(OC)c2)sc2c1CCCC2. The first-order valence-electron chi connectivity index (χ1n) is 10.3. The second kappa shape index (κ2) is 10.8. The Kier molecular flexibility index (Phi) is 7.88. The molecule has 1 aromatic carbocycles. The molecule has 8 nitrogen and oxygen atoms in total. The Labute approximate surface area is 185 Å². The summed E-state index contributed by atoms with van der Waals surface area (Å²) in [6, 6.07) is 4.83. The summed E-state index contributed by atoms with van der Waals surface area (Å²) in [5.74, 6) is 0.821. The third kappa shape index (κ3) is 5.55. The molecule has 0 bridgehead atoms. The molecule has 0 radical (unpaired) electrons. The van der Waals surface area contributed by atoms with Gasteiger partial charge in [-0.1, -0.05) is 0 Å². The first kappa shape index (κ1) is 22.6. The largest absolute Gasteiger partial charge is 0.493 e. The van der Waals surface area contributed by atoms with Crippen molar-refractivity contribution in [1.29, 1.82) is 0 Å². The van der Waals surface area contributed by atoms with Crippen molar-refractivity contribution in [2.45, 2.75) is 39.5 Å². The van der Waals surface area contributed by atoms with E-state index < -0.39 is 12.0 Å². The number of rotatable bonds is 8. The number of amides is 2. The van der Waals surface area contributed by atoms with Crippen LogP contribution < -0.4 is 20.2 Å². The molecule has 3 rings (SSSR count). The summed E-state index contributed by atoms with van der Waals surface area (Å²) < 4.78 is 16.0. The Morgan fingerprint density at radius 1 is 1.16 bits per heavy atom. The average Bonchev–Trinajstić information content (AvgIpc) is 3.12. The number of fused-ring (bicyclic) bond motifs is 1. The first-order valence-corrected chi connectivity index (χ1v) is 11.1. The molecule has 1 aliphatic rings. The van der Waals surface area contributed by atoms with E-state index in [9.17, 15) is 9.59 Å². The molecule has 1 aliphatic carbocycles. The van der Waals surface area contributed by atoms with Gasteiger partial charge in [0.15, 0.2) is 11.5 Å². The Hall–Kier alpha value is -3.07. The second-order valence-electron chi connectivity index (χ2n) is 6.80. The smallest absolute Gasteiger partial charge is 0.341 e. The number of hydrogen-bond donors (Lipinski definition) is 2. The minimum atomic E-state index is -0.529. The Bertz CT molecular complexity index is 970. The van der Waals surface area contributed by atoms with Gasteiger partial charge in [0.1, 0.15) is 5.00 Å². The van der Waals surface area contributed by atoms with Crippen molar-refractivity contribution < 1.29 is 23.8 Å². The summed E-state index contributed by atoms with van der Waals surface area (Å²) in [6.07, 6.45) is 5.34. The van der Waals surface area contributed by atoms with Crippen molar-refractivity contribution in [3.05, 3.63) is 39.8 Å². The quantitative estimate of drug-likeness (QED) is 0.357. The van der Waals surface area contributed by atoms with E-state index in [1.54, 1.807) is 26.2 Å². The standard InChI is InChI=1S/C22H27N3O5S/c1-4-29-16-11-10-14(12-17(16)28-3)13-23-25-22(27)24-20-19(21(26)30-5-2)15-8-6-7-9-18(15)31-20/h10-13H,4-9H2,1-3H3,(H2,24,25,27). The van der Waals surface area contributed by atoms with E-state index in [-0.39, 0.29) is 6.61 Å². The topological polar surface area (TPSA) is 98.2 Å². The predicted octanol–water partition coefficient (Wildman–Crippen LogP) is 4.37. The van der Waals surface area contributed by atoms with Gasteiger partial charge in [-0.3, -0.25) is 5.32 Å². The lowest BCUT2D eigenvalue weighted by atomic mass is 9.95. The molecule has 0 saturated carbocycles. The third-order valence-electron chi connectivity index (χ3n) is 4.75. The lowest BCUT2D eigenvalue weighted by Crippen LogP contribution is -2.25. The number of nitrogens with one attached hydrogen (secondary N) is 2. The van der Waals surface area contributed by atoms with E-state index in [1.807, 2.05) is 13.0 Å². The number of esters is 1. The molecular formula is C22H27N3O5S. The Balaban J connectivity index is 1.68. The number of aryl methyl sites for hydroxylation is 1. The zero-order chi connectivity index (χ0) is 22.2. The van der Waals surface area contributed by atoms with Gasteiger partial charge in [0.25, 0.3) is 0 Å². The first-order chi connectivity index (χ1) is 15.1. The van der Waals surface area contributed by atoms with E-state index in [0.717, 1.165) is 41.7 Å². The molecule has 0 atom stereocenters. The number of methoxy groups -OCH3 is 1. The molecule has 0 aliphatic heterocycles. The zero-order valence-electron chi connectivity index (χ0n) is 17.9. The van der Waals surface area contributed by atoms with Crippen molar-refractivity contribution >= 4 is 34.6 Å². The van der Waals surface area contributed by atoms with Gasteiger partial charge in [-0.2, -0.15) is 5.10 Å². The highest BCUT2D eigenvalue weighted by Gasteiger charge is 2.27. The maximum absolute atomic E-state index is 12.5. The monoisotopic (exact) mass is 445 g/mol. The molecular weight excluding hydrogens is 418 g/mol. The molecule has 2 amide bonds. The fraction of sp³-hybridized carbons (Fsp3) is 0.409. The number of carbonyl (C=O) groups excluding carboxylic acids is 2. The predicted molar refractivity (Wildman–Crippen MR) is 121 cm³/mol. The number of urea groups is 1. The summed E-state index contributed by atoms with van der Waals surface area (Å²) in [6.45, 7) is 4.48. The highest BCUT2D eigenvalue weighted by molar-refractivity contribution is 7.17. The van der Waals surface area contributed by atoms with Crippen LogP contribution in [0.25, 0.3) is 0 Å². The van der Waals surface area contributed by atoms with Crippen LogP contribution in [0.3, 0.4) is 0 Å². The minimum absolute atomic E-state index is 0.283. The summed E-state index contributed by atoms with van der Waals surface area (Å²) >= 11 is 1.43. The fourth-order valence-corrected chi connectivity index (χ4v) is 4.68. The second-order valence-corrected chi connectivity index (χ2v) is 7.91. The molecule has 2 aromatic rings. The third-order valence-corrected chi connectivity index (χ3v) is 5.95. The van der Waals surface area contributed by atoms with Crippen molar-refractivity contribution in [3.63, 3.8) is 0 Å². The van der Waals surface area contributed by atoms with Crippen LogP contribution in [0.4, 0.5) is 9.80 Å². The van der Waals surface area contributed by atoms with Crippen LogP contribution in [0, 0.1) is 0 Å². The van der Waals surface area contributed by atoms with Gasteiger partial charge >= 0.3 is 12.0 Å². The molecule has 9 heteroatoms. The molecule has 2 N–H and O–H groups in total. The van der Waals surface area contributed by atoms with E-state index in [0.29, 0.717) is 28.7 Å². The lowest BCUT2D eigenvalue weighted by Gasteiger charge is -2.12. The zero-order valence-corrected chi connectivity index (χ0v) is 18.8. The van der Waals surface area contributed by atoms with Gasteiger partial charge in [-0.25, -0.2) is 15.0 Å². The van der Waals surface area contributed by atoms with Crippen LogP contribution in [-0.4, -0.2) is 38.5 Å². The number of carbonyl (C=O) groups is 2. The molecule has 1 heterocycles. The fourth-order valence-electron chi connectivity index (χ4n) is 3.41. The van der Waals surface area contributed by atoms with Crippen LogP contribution in [0.2, 0.25) is 0 Å². The van der Waals surface area contributed by atoms with Crippen molar-refractivity contribution in [2.75, 3.05) is 25.6 Å². The van der Waals surface area contributed by atoms with E-state index in [4.69, 9.17) is 14.2 Å². The minimum Gasteiger partial charge on any atom is -0.493 e. The van der Waals surface area contributed by atoms with Crippen molar-refractivity contribution in [1.82, 2.24) is 5.43 Å². The summed E-state index contributed by atoms with van der Waals surface area (Å²) in [4.78, 5) is 26.0. The van der Waals surface area contributed by atoms with Crippen LogP contribution in [0.5, 0.6) is 11.5 Å². The van der Waals surface area contributed by atoms with Crippen LogP contribution in [-0.2, 0) is 17.6 Å². The number of anilines is 1. The van der Waals surface area contributed by atoms with Gasteiger partial charge in [0, 0.05) is 4.88 Å². The summed E-state index contributed by atoms with van der Waals surface area (Å²) in [7, 11) is 1.56. The molecule has 0 unspecified atom stereocenters. The maximum Gasteiger partial charge on any atom is 0.341 e. The molecule has 0 fully saturated rings. The van der Waals surface area contributed by atoms with Crippen LogP contribution >= 0.6 is 11.3 Å². The summed E-state index contributed by atoms with van der Waals surface area (Å²) in [5.41, 5.74) is 4.64. The number of benzene rings is 1. The van der Waals surface area contributed by atoms with Crippen molar-refractivity contribution in [3.8, 4) is 11.5 Å². The van der Waals surface area contributed by atoms with Gasteiger partial charge in [0.05, 0.1) is 32.1 Å². The van der Waals surface area contributed by atoms with Crippen molar-refractivity contribution in [2.24, 2.45) is 5.10 Å². The van der Waals surface area contributed by atoms with Gasteiger partial charge in [0.2, 0.25) is 0 Å². The molecule has 31 heavy (non-hydrogen) atoms. The molecule has 166 valence electrons. The average molecular weight is 446 g/mol. The summed E-state index contributed by atoms with van der Waals surface area (Å²) in [5, 5.41) is 7.24. The number of hydrogen-bond acceptors (Lipinski definition) is 7. The highest BCUT2D eigenvalue weighted by atomic mass is 32.1. The van der Waals surface area contributed by atoms with Gasteiger partial charge < -0.3 is 14.2 Å². The van der Waals surface area contributed by atoms with E-state index in [2.05, 4.69) is 15.8 Å². The van der Waals surface area contributed by atoms with Gasteiger partial charge in [-0.15, -0.1) is 11.3 Å². The molecule has 0 spiro atoms. The van der Waals surface area contributed by atoms with Crippen LogP contribution in [0.1, 0.15) is 53.1 Å². The highest BCUT2D eigenvalue weighted by Crippen LogP contribution is 2.38. The number of hydrazone groups is 1. The maximum atomic E-state index is 12.5. The number of thiophene rings is 1. The van der Waals surface area contributed by atoms with Gasteiger partial charge in [-0.05, 0) is 68.9 Å². The molecule has 1 aromatic heterocycles. The lowest BCUT2D eigenvalue weighted by molar-refractivity contribution is 0.0526. The van der Waals surface area contributed by atoms with E-state index >= 15 is 0 Å². The molecule has 0 saturated heterocycles. The Morgan fingerprint density at radius 2 is 1.97 bits per heavy atom. The number of ether oxygens (including phenoxy) is 3. The van der Waals surface area contributed by atoms with E-state index in [1.165, 1.54) is 17.6 Å². The normalized spacial score (nSPS) is 12.9. The van der Waals surface area contributed by atoms with Crippen LogP contribution in [0.15, 0.2) is 23.3 Å². The Morgan fingerprint density at radius 3 is 2.71 bits per heavy atom.